The van der Waals surface area contributed by atoms with Crippen LogP contribution in [0.4, 0.5) is 0 Å². The Labute approximate surface area is 162 Å². The van der Waals surface area contributed by atoms with Gasteiger partial charge in [0.05, 0.1) is 13.2 Å². The van der Waals surface area contributed by atoms with Crippen LogP contribution in [0.1, 0.15) is 44.5 Å². The fourth-order valence-electron chi connectivity index (χ4n) is 4.92. The molecule has 0 amide bonds. The van der Waals surface area contributed by atoms with E-state index in [9.17, 15) is 4.79 Å². The first-order chi connectivity index (χ1) is 12.8. The van der Waals surface area contributed by atoms with Crippen molar-refractivity contribution in [1.82, 2.24) is 9.47 Å². The van der Waals surface area contributed by atoms with Gasteiger partial charge in [-0.2, -0.15) is 0 Å². The minimum atomic E-state index is 0.0730. The van der Waals surface area contributed by atoms with E-state index in [1.54, 1.807) is 0 Å². The van der Waals surface area contributed by atoms with Gasteiger partial charge in [-0.25, -0.2) is 0 Å². The van der Waals surface area contributed by atoms with Crippen LogP contribution in [-0.2, 0) is 11.3 Å². The van der Waals surface area contributed by atoms with Crippen molar-refractivity contribution in [3.05, 3.63) is 36.0 Å². The summed E-state index contributed by atoms with van der Waals surface area (Å²) in [5.74, 6) is 0.422. The molecule has 0 bridgehead atoms. The molecule has 2 heterocycles. The maximum absolute atomic E-state index is 13.4. The number of carbonyl (C=O) groups is 1. The molecular weight excluding hydrogens is 336 g/mol. The zero-order valence-electron chi connectivity index (χ0n) is 17.1. The lowest BCUT2D eigenvalue weighted by Crippen LogP contribution is -2.37. The highest BCUT2D eigenvalue weighted by Crippen LogP contribution is 2.69. The SMILES string of the molecule is CC1(C)C(C(=O)c2cn(CCCN3CCOCC3)c3ccccc23)C1(C)C. The number of Topliss-reactive ketones (excluding diaryl/α,β-unsaturated/α-hetero) is 1. The van der Waals surface area contributed by atoms with Gasteiger partial charge in [-0.3, -0.25) is 9.69 Å². The molecule has 0 N–H and O–H groups in total. The number of aryl methyl sites for hydroxylation is 1. The second kappa shape index (κ2) is 6.75. The predicted octanol–water partition coefficient (Wildman–Crippen LogP) is 4.23. The Balaban J connectivity index is 1.53. The summed E-state index contributed by atoms with van der Waals surface area (Å²) in [7, 11) is 0. The summed E-state index contributed by atoms with van der Waals surface area (Å²) < 4.78 is 7.71. The highest BCUT2D eigenvalue weighted by molar-refractivity contribution is 6.11. The Kier molecular flexibility index (Phi) is 4.68. The Bertz CT molecular complexity index is 829. The number of fused-ring (bicyclic) bond motifs is 1. The van der Waals surface area contributed by atoms with E-state index in [2.05, 4.69) is 61.6 Å². The van der Waals surface area contributed by atoms with Crippen molar-refractivity contribution in [2.45, 2.75) is 40.7 Å². The van der Waals surface area contributed by atoms with Crippen molar-refractivity contribution in [1.29, 1.82) is 0 Å². The summed E-state index contributed by atoms with van der Waals surface area (Å²) in [6, 6.07) is 8.36. The molecule has 27 heavy (non-hydrogen) atoms. The first-order valence-electron chi connectivity index (χ1n) is 10.3. The zero-order chi connectivity index (χ0) is 19.2. The average Bonchev–Trinajstić information content (AvgIpc) is 2.92. The molecule has 1 aromatic carbocycles. The molecule has 1 aromatic heterocycles. The monoisotopic (exact) mass is 368 g/mol. The summed E-state index contributed by atoms with van der Waals surface area (Å²) in [5, 5.41) is 1.10. The molecule has 2 aliphatic rings. The van der Waals surface area contributed by atoms with E-state index in [0.717, 1.165) is 56.8 Å². The van der Waals surface area contributed by atoms with Gasteiger partial charge in [0.1, 0.15) is 0 Å². The lowest BCUT2D eigenvalue weighted by molar-refractivity contribution is 0.0369. The number of para-hydroxylation sites is 1. The molecule has 2 fully saturated rings. The van der Waals surface area contributed by atoms with E-state index >= 15 is 0 Å². The number of ether oxygens (including phenoxy) is 1. The molecule has 1 aliphatic heterocycles. The van der Waals surface area contributed by atoms with Crippen molar-refractivity contribution < 1.29 is 9.53 Å². The summed E-state index contributed by atoms with van der Waals surface area (Å²) >= 11 is 0. The van der Waals surface area contributed by atoms with Gasteiger partial charge in [-0.05, 0) is 23.3 Å². The Morgan fingerprint density at radius 1 is 1.07 bits per heavy atom. The zero-order valence-corrected chi connectivity index (χ0v) is 17.1. The molecule has 4 nitrogen and oxygen atoms in total. The summed E-state index contributed by atoms with van der Waals surface area (Å²) in [4.78, 5) is 15.8. The van der Waals surface area contributed by atoms with E-state index < -0.39 is 0 Å². The normalized spacial score (nSPS) is 22.2. The number of ketones is 1. The Hall–Kier alpha value is -1.65. The second-order valence-corrected chi connectivity index (χ2v) is 9.30. The fraction of sp³-hybridized carbons (Fsp3) is 0.609. The van der Waals surface area contributed by atoms with Crippen molar-refractivity contribution in [3.8, 4) is 0 Å². The van der Waals surface area contributed by atoms with Crippen LogP contribution >= 0.6 is 0 Å². The molecule has 0 radical (unpaired) electrons. The molecule has 1 saturated heterocycles. The standard InChI is InChI=1S/C23H32N2O2/c1-22(2)21(23(22,3)4)20(26)18-16-25(19-9-6-5-8-17(18)19)11-7-10-24-12-14-27-15-13-24/h5-6,8-9,16,21H,7,10-15H2,1-4H3. The molecule has 4 rings (SSSR count). The van der Waals surface area contributed by atoms with Crippen molar-refractivity contribution >= 4 is 16.7 Å². The average molecular weight is 369 g/mol. The molecule has 0 unspecified atom stereocenters. The quantitative estimate of drug-likeness (QED) is 0.716. The topological polar surface area (TPSA) is 34.5 Å². The lowest BCUT2D eigenvalue weighted by Gasteiger charge is -2.26. The van der Waals surface area contributed by atoms with Crippen LogP contribution in [0.2, 0.25) is 0 Å². The van der Waals surface area contributed by atoms with Gasteiger partial charge in [0, 0.05) is 54.8 Å². The molecular formula is C23H32N2O2. The van der Waals surface area contributed by atoms with Crippen LogP contribution in [0.15, 0.2) is 30.5 Å². The third kappa shape index (κ3) is 3.13. The van der Waals surface area contributed by atoms with Gasteiger partial charge in [-0.15, -0.1) is 0 Å². The van der Waals surface area contributed by atoms with E-state index in [4.69, 9.17) is 4.74 Å². The van der Waals surface area contributed by atoms with Crippen LogP contribution in [0.25, 0.3) is 10.9 Å². The largest absolute Gasteiger partial charge is 0.379 e. The Morgan fingerprint density at radius 3 is 2.41 bits per heavy atom. The van der Waals surface area contributed by atoms with Gasteiger partial charge in [0.2, 0.25) is 0 Å². The molecule has 4 heteroatoms. The summed E-state index contributed by atoms with van der Waals surface area (Å²) in [5.41, 5.74) is 2.23. The van der Waals surface area contributed by atoms with E-state index in [0.29, 0.717) is 5.78 Å². The number of benzene rings is 1. The van der Waals surface area contributed by atoms with Crippen LogP contribution in [0.5, 0.6) is 0 Å². The number of hydrogen-bond donors (Lipinski definition) is 0. The number of morpholine rings is 1. The molecule has 1 saturated carbocycles. The van der Waals surface area contributed by atoms with Gasteiger partial charge in [-0.1, -0.05) is 45.9 Å². The summed E-state index contributed by atoms with van der Waals surface area (Å²) in [6.45, 7) is 14.7. The number of carbonyl (C=O) groups excluding carboxylic acids is 1. The first-order valence-corrected chi connectivity index (χ1v) is 10.3. The fourth-order valence-corrected chi connectivity index (χ4v) is 4.92. The van der Waals surface area contributed by atoms with E-state index in [1.165, 1.54) is 5.52 Å². The van der Waals surface area contributed by atoms with Gasteiger partial charge in [0.25, 0.3) is 0 Å². The van der Waals surface area contributed by atoms with Crippen LogP contribution in [0.3, 0.4) is 0 Å². The van der Waals surface area contributed by atoms with Crippen molar-refractivity contribution in [2.24, 2.45) is 16.7 Å². The number of nitrogens with zero attached hydrogens (tertiary/aromatic N) is 2. The molecule has 0 atom stereocenters. The number of aromatic nitrogens is 1. The maximum atomic E-state index is 13.4. The third-order valence-corrected chi connectivity index (χ3v) is 7.31. The van der Waals surface area contributed by atoms with Crippen LogP contribution in [-0.4, -0.2) is 48.1 Å². The van der Waals surface area contributed by atoms with Gasteiger partial charge < -0.3 is 9.30 Å². The highest BCUT2D eigenvalue weighted by Gasteiger charge is 2.68. The van der Waals surface area contributed by atoms with Crippen molar-refractivity contribution in [3.63, 3.8) is 0 Å². The Morgan fingerprint density at radius 2 is 1.74 bits per heavy atom. The predicted molar refractivity (Wildman–Crippen MR) is 109 cm³/mol. The highest BCUT2D eigenvalue weighted by atomic mass is 16.5. The second-order valence-electron chi connectivity index (χ2n) is 9.30. The van der Waals surface area contributed by atoms with Gasteiger partial charge >= 0.3 is 0 Å². The van der Waals surface area contributed by atoms with Crippen molar-refractivity contribution in [2.75, 3.05) is 32.8 Å². The van der Waals surface area contributed by atoms with E-state index in [1.807, 2.05) is 6.07 Å². The molecule has 1 aliphatic carbocycles. The van der Waals surface area contributed by atoms with E-state index in [-0.39, 0.29) is 16.7 Å². The number of hydrogen-bond acceptors (Lipinski definition) is 3. The lowest BCUT2D eigenvalue weighted by atomic mass is 10.0. The smallest absolute Gasteiger partial charge is 0.169 e. The minimum absolute atomic E-state index is 0.0730. The molecule has 2 aromatic rings. The molecule has 0 spiro atoms. The van der Waals surface area contributed by atoms with Crippen LogP contribution < -0.4 is 0 Å². The third-order valence-electron chi connectivity index (χ3n) is 7.31. The minimum Gasteiger partial charge on any atom is -0.379 e. The summed E-state index contributed by atoms with van der Waals surface area (Å²) in [6.07, 6.45) is 3.20. The molecule has 146 valence electrons. The van der Waals surface area contributed by atoms with Gasteiger partial charge in [0.15, 0.2) is 5.78 Å². The van der Waals surface area contributed by atoms with Crippen LogP contribution in [0, 0.1) is 16.7 Å². The first kappa shape index (κ1) is 18.7. The maximum Gasteiger partial charge on any atom is 0.169 e. The number of rotatable bonds is 6.